The number of benzene rings is 2. The van der Waals surface area contributed by atoms with Gasteiger partial charge in [-0.15, -0.1) is 0 Å². The summed E-state index contributed by atoms with van der Waals surface area (Å²) in [5, 5.41) is 10.8. The molecule has 0 bridgehead atoms. The SMILES string of the molecule is COc1ccc(CN2CC[C@H]3C(C)(C)C(O)CC[C@]3(c3ccccc3)C2)cc1. The minimum absolute atomic E-state index is 0.0553. The van der Waals surface area contributed by atoms with Gasteiger partial charge in [-0.25, -0.2) is 0 Å². The monoisotopic (exact) mass is 379 g/mol. The predicted octanol–water partition coefficient (Wildman–Crippen LogP) is 4.64. The van der Waals surface area contributed by atoms with E-state index in [1.807, 2.05) is 0 Å². The first-order valence-electron chi connectivity index (χ1n) is 10.5. The van der Waals surface area contributed by atoms with E-state index in [9.17, 15) is 5.11 Å². The summed E-state index contributed by atoms with van der Waals surface area (Å²) in [6, 6.07) is 19.5. The zero-order valence-electron chi connectivity index (χ0n) is 17.4. The van der Waals surface area contributed by atoms with E-state index in [0.717, 1.165) is 44.6 Å². The number of piperidine rings is 1. The van der Waals surface area contributed by atoms with Crippen LogP contribution >= 0.6 is 0 Å². The van der Waals surface area contributed by atoms with Gasteiger partial charge >= 0.3 is 0 Å². The molecule has 28 heavy (non-hydrogen) atoms. The van der Waals surface area contributed by atoms with Gasteiger partial charge in [0, 0.05) is 18.5 Å². The molecular formula is C25H33NO2. The van der Waals surface area contributed by atoms with Crippen LogP contribution in [0.3, 0.4) is 0 Å². The van der Waals surface area contributed by atoms with Crippen molar-refractivity contribution in [1.82, 2.24) is 4.90 Å². The second kappa shape index (κ2) is 7.53. The van der Waals surface area contributed by atoms with E-state index in [0.29, 0.717) is 5.92 Å². The zero-order valence-corrected chi connectivity index (χ0v) is 17.4. The summed E-state index contributed by atoms with van der Waals surface area (Å²) in [7, 11) is 1.71. The highest BCUT2D eigenvalue weighted by Gasteiger charge is 2.55. The summed E-state index contributed by atoms with van der Waals surface area (Å²) in [6.45, 7) is 7.66. The van der Waals surface area contributed by atoms with Crippen LogP contribution in [-0.4, -0.2) is 36.3 Å². The van der Waals surface area contributed by atoms with E-state index in [-0.39, 0.29) is 16.9 Å². The molecule has 1 N–H and O–H groups in total. The van der Waals surface area contributed by atoms with E-state index in [4.69, 9.17) is 4.74 Å². The molecule has 3 nitrogen and oxygen atoms in total. The van der Waals surface area contributed by atoms with Crippen molar-refractivity contribution in [3.8, 4) is 5.75 Å². The fourth-order valence-corrected chi connectivity index (χ4v) is 5.84. The van der Waals surface area contributed by atoms with Crippen LogP contribution in [0.25, 0.3) is 0 Å². The van der Waals surface area contributed by atoms with Crippen LogP contribution in [0, 0.1) is 11.3 Å². The van der Waals surface area contributed by atoms with Crippen LogP contribution < -0.4 is 4.74 Å². The van der Waals surface area contributed by atoms with Gasteiger partial charge in [-0.05, 0) is 60.4 Å². The third-order valence-electron chi connectivity index (χ3n) is 7.44. The van der Waals surface area contributed by atoms with Gasteiger partial charge in [0.05, 0.1) is 13.2 Å². The fourth-order valence-electron chi connectivity index (χ4n) is 5.84. The van der Waals surface area contributed by atoms with Gasteiger partial charge in [0.2, 0.25) is 0 Å². The maximum atomic E-state index is 10.8. The molecule has 0 radical (unpaired) electrons. The number of nitrogens with zero attached hydrogens (tertiary/aromatic N) is 1. The Hall–Kier alpha value is -1.84. The van der Waals surface area contributed by atoms with Crippen LogP contribution in [0.5, 0.6) is 5.75 Å². The quantitative estimate of drug-likeness (QED) is 0.840. The van der Waals surface area contributed by atoms with E-state index in [1.165, 1.54) is 11.1 Å². The molecular weight excluding hydrogens is 346 g/mol. The van der Waals surface area contributed by atoms with Gasteiger partial charge < -0.3 is 9.84 Å². The first kappa shape index (κ1) is 19.5. The lowest BCUT2D eigenvalue weighted by atomic mass is 9.50. The Morgan fingerprint density at radius 2 is 1.75 bits per heavy atom. The molecule has 1 saturated carbocycles. The molecule has 1 aliphatic carbocycles. The molecule has 1 heterocycles. The number of hydrogen-bond donors (Lipinski definition) is 1. The Bertz CT molecular complexity index is 786. The molecule has 3 atom stereocenters. The minimum Gasteiger partial charge on any atom is -0.497 e. The van der Waals surface area contributed by atoms with Crippen LogP contribution in [-0.2, 0) is 12.0 Å². The van der Waals surface area contributed by atoms with Crippen molar-refractivity contribution in [1.29, 1.82) is 0 Å². The molecule has 4 rings (SSSR count). The minimum atomic E-state index is -0.206. The van der Waals surface area contributed by atoms with Crippen LogP contribution in [0.15, 0.2) is 54.6 Å². The van der Waals surface area contributed by atoms with Crippen molar-refractivity contribution in [2.45, 2.75) is 51.2 Å². The third-order valence-corrected chi connectivity index (χ3v) is 7.44. The molecule has 1 saturated heterocycles. The Balaban J connectivity index is 1.63. The Morgan fingerprint density at radius 3 is 2.43 bits per heavy atom. The highest BCUT2D eigenvalue weighted by Crippen LogP contribution is 2.56. The molecule has 150 valence electrons. The Morgan fingerprint density at radius 1 is 1.04 bits per heavy atom. The molecule has 2 aromatic rings. The summed E-state index contributed by atoms with van der Waals surface area (Å²) < 4.78 is 5.30. The number of likely N-dealkylation sites (tertiary alicyclic amines) is 1. The highest BCUT2D eigenvalue weighted by molar-refractivity contribution is 5.32. The van der Waals surface area contributed by atoms with Crippen molar-refractivity contribution in [3.63, 3.8) is 0 Å². The summed E-state index contributed by atoms with van der Waals surface area (Å²) in [5.41, 5.74) is 2.84. The number of fused-ring (bicyclic) bond motifs is 1. The van der Waals surface area contributed by atoms with Crippen molar-refractivity contribution in [3.05, 3.63) is 65.7 Å². The van der Waals surface area contributed by atoms with E-state index in [1.54, 1.807) is 7.11 Å². The van der Waals surface area contributed by atoms with Crippen molar-refractivity contribution in [2.24, 2.45) is 11.3 Å². The summed E-state index contributed by atoms with van der Waals surface area (Å²) in [6.07, 6.45) is 2.87. The van der Waals surface area contributed by atoms with Crippen LogP contribution in [0.2, 0.25) is 0 Å². The lowest BCUT2D eigenvalue weighted by Gasteiger charge is -2.59. The van der Waals surface area contributed by atoms with E-state index >= 15 is 0 Å². The highest BCUT2D eigenvalue weighted by atomic mass is 16.5. The maximum absolute atomic E-state index is 10.8. The van der Waals surface area contributed by atoms with Crippen LogP contribution in [0.4, 0.5) is 0 Å². The number of aliphatic hydroxyl groups is 1. The first-order chi connectivity index (χ1) is 13.5. The first-order valence-corrected chi connectivity index (χ1v) is 10.5. The number of methoxy groups -OCH3 is 1. The molecule has 1 unspecified atom stereocenters. The van der Waals surface area contributed by atoms with Gasteiger partial charge in [0.15, 0.2) is 0 Å². The lowest BCUT2D eigenvalue weighted by Crippen LogP contribution is -2.61. The third kappa shape index (κ3) is 3.35. The topological polar surface area (TPSA) is 32.7 Å². The van der Waals surface area contributed by atoms with Crippen molar-refractivity contribution in [2.75, 3.05) is 20.2 Å². The zero-order chi connectivity index (χ0) is 19.8. The molecule has 0 amide bonds. The number of aliphatic hydroxyl groups excluding tert-OH is 1. The molecule has 2 fully saturated rings. The molecule has 2 aromatic carbocycles. The van der Waals surface area contributed by atoms with E-state index in [2.05, 4.69) is 73.3 Å². The Kier molecular flexibility index (Phi) is 5.24. The van der Waals surface area contributed by atoms with Gasteiger partial charge in [0.1, 0.15) is 5.75 Å². The van der Waals surface area contributed by atoms with Crippen LogP contribution in [0.1, 0.15) is 44.2 Å². The standard InChI is InChI=1S/C25H33NO2/c1-24(2)22-14-16-26(17-19-9-11-21(28-3)12-10-19)18-25(22,15-13-23(24)27)20-7-5-4-6-8-20/h4-12,22-23,27H,13-18H2,1-3H3/t22-,23?,25+/m0/s1. The average molecular weight is 380 g/mol. The average Bonchev–Trinajstić information content (AvgIpc) is 2.72. The van der Waals surface area contributed by atoms with Crippen molar-refractivity contribution < 1.29 is 9.84 Å². The second-order valence-electron chi connectivity index (χ2n) is 9.30. The number of ether oxygens (including phenoxy) is 1. The van der Waals surface area contributed by atoms with Gasteiger partial charge in [0.25, 0.3) is 0 Å². The molecule has 3 heteroatoms. The molecule has 2 aliphatic rings. The summed E-state index contributed by atoms with van der Waals surface area (Å²) >= 11 is 0. The molecule has 0 aromatic heterocycles. The lowest BCUT2D eigenvalue weighted by molar-refractivity contribution is -0.102. The number of rotatable bonds is 4. The smallest absolute Gasteiger partial charge is 0.118 e. The molecule has 0 spiro atoms. The van der Waals surface area contributed by atoms with E-state index < -0.39 is 0 Å². The normalized spacial score (nSPS) is 29.9. The Labute approximate surface area is 169 Å². The predicted molar refractivity (Wildman–Crippen MR) is 114 cm³/mol. The summed E-state index contributed by atoms with van der Waals surface area (Å²) in [4.78, 5) is 2.61. The fraction of sp³-hybridized carbons (Fsp3) is 0.520. The van der Waals surface area contributed by atoms with Gasteiger partial charge in [-0.3, -0.25) is 4.90 Å². The summed E-state index contributed by atoms with van der Waals surface area (Å²) in [5.74, 6) is 1.41. The number of hydrogen-bond acceptors (Lipinski definition) is 3. The maximum Gasteiger partial charge on any atom is 0.118 e. The van der Waals surface area contributed by atoms with Crippen molar-refractivity contribution >= 4 is 0 Å². The second-order valence-corrected chi connectivity index (χ2v) is 9.30. The van der Waals surface area contributed by atoms with Gasteiger partial charge in [-0.2, -0.15) is 0 Å². The van der Waals surface area contributed by atoms with Gasteiger partial charge in [-0.1, -0.05) is 56.3 Å². The largest absolute Gasteiger partial charge is 0.497 e. The molecule has 1 aliphatic heterocycles.